The molecule has 4 nitrogen and oxygen atoms in total. The molecule has 1 unspecified atom stereocenters. The molecule has 0 aliphatic heterocycles. The maximum absolute atomic E-state index is 10.9. The Hall–Kier alpha value is -0.590. The van der Waals surface area contributed by atoms with Crippen molar-refractivity contribution in [2.75, 3.05) is 19.1 Å². The van der Waals surface area contributed by atoms with Gasteiger partial charge in [-0.2, -0.15) is 0 Å². The Labute approximate surface area is 99.8 Å². The summed E-state index contributed by atoms with van der Waals surface area (Å²) >= 11 is 1.42. The SMILES string of the molecule is COc1csc(C(O)CCCS(C)(=O)=O)c1. The quantitative estimate of drug-likeness (QED) is 0.848. The van der Waals surface area contributed by atoms with Crippen LogP contribution < -0.4 is 4.74 Å². The average Bonchev–Trinajstić information content (AvgIpc) is 2.63. The van der Waals surface area contributed by atoms with E-state index in [1.807, 2.05) is 5.38 Å². The molecule has 0 saturated heterocycles. The second-order valence-corrected chi connectivity index (χ2v) is 6.88. The molecule has 0 amide bonds. The van der Waals surface area contributed by atoms with Gasteiger partial charge in [0.1, 0.15) is 15.6 Å². The van der Waals surface area contributed by atoms with Crippen LogP contribution in [0.25, 0.3) is 0 Å². The fourth-order valence-electron chi connectivity index (χ4n) is 1.30. The number of aliphatic hydroxyl groups is 1. The van der Waals surface area contributed by atoms with Gasteiger partial charge in [0.2, 0.25) is 0 Å². The van der Waals surface area contributed by atoms with Crippen molar-refractivity contribution in [2.45, 2.75) is 18.9 Å². The van der Waals surface area contributed by atoms with Crippen molar-refractivity contribution in [3.63, 3.8) is 0 Å². The summed E-state index contributed by atoms with van der Waals surface area (Å²) in [5, 5.41) is 11.6. The van der Waals surface area contributed by atoms with Crippen LogP contribution in [-0.2, 0) is 9.84 Å². The smallest absolute Gasteiger partial charge is 0.147 e. The fraction of sp³-hybridized carbons (Fsp3) is 0.600. The Morgan fingerprint density at radius 1 is 1.56 bits per heavy atom. The lowest BCUT2D eigenvalue weighted by molar-refractivity contribution is 0.170. The zero-order chi connectivity index (χ0) is 12.2. The molecule has 92 valence electrons. The highest BCUT2D eigenvalue weighted by molar-refractivity contribution is 7.90. The van der Waals surface area contributed by atoms with E-state index in [9.17, 15) is 13.5 Å². The first-order valence-corrected chi connectivity index (χ1v) is 7.84. The second kappa shape index (κ2) is 5.65. The number of aliphatic hydroxyl groups excluding tert-OH is 1. The molecule has 0 radical (unpaired) electrons. The third-order valence-electron chi connectivity index (χ3n) is 2.15. The Bertz CT molecular complexity index is 422. The van der Waals surface area contributed by atoms with Crippen molar-refractivity contribution in [3.8, 4) is 5.75 Å². The Kier molecular flexibility index (Phi) is 4.76. The van der Waals surface area contributed by atoms with E-state index < -0.39 is 15.9 Å². The van der Waals surface area contributed by atoms with E-state index in [1.54, 1.807) is 13.2 Å². The van der Waals surface area contributed by atoms with E-state index in [4.69, 9.17) is 4.74 Å². The van der Waals surface area contributed by atoms with Crippen molar-refractivity contribution in [1.29, 1.82) is 0 Å². The highest BCUT2D eigenvalue weighted by Gasteiger charge is 2.12. The second-order valence-electron chi connectivity index (χ2n) is 3.68. The maximum Gasteiger partial charge on any atom is 0.147 e. The normalized spacial score (nSPS) is 13.7. The monoisotopic (exact) mass is 264 g/mol. The first kappa shape index (κ1) is 13.5. The maximum atomic E-state index is 10.9. The summed E-state index contributed by atoms with van der Waals surface area (Å²) in [7, 11) is -1.36. The Balaban J connectivity index is 2.43. The van der Waals surface area contributed by atoms with Gasteiger partial charge in [0.25, 0.3) is 0 Å². The number of rotatable bonds is 6. The molecule has 1 aromatic heterocycles. The van der Waals surface area contributed by atoms with Crippen molar-refractivity contribution < 1.29 is 18.3 Å². The van der Waals surface area contributed by atoms with Crippen LogP contribution in [0.1, 0.15) is 23.8 Å². The summed E-state index contributed by atoms with van der Waals surface area (Å²) in [6, 6.07) is 1.77. The van der Waals surface area contributed by atoms with Crippen LogP contribution in [-0.4, -0.2) is 32.6 Å². The summed E-state index contributed by atoms with van der Waals surface area (Å²) in [6.45, 7) is 0. The topological polar surface area (TPSA) is 63.6 Å². The third kappa shape index (κ3) is 4.51. The van der Waals surface area contributed by atoms with E-state index in [0.717, 1.165) is 10.6 Å². The van der Waals surface area contributed by atoms with Gasteiger partial charge in [-0.1, -0.05) is 0 Å². The average molecular weight is 264 g/mol. The lowest BCUT2D eigenvalue weighted by Gasteiger charge is -2.07. The molecule has 1 N–H and O–H groups in total. The Morgan fingerprint density at radius 2 is 2.25 bits per heavy atom. The molecule has 0 aliphatic rings. The molecule has 0 spiro atoms. The molecule has 0 bridgehead atoms. The minimum atomic E-state index is -2.93. The van der Waals surface area contributed by atoms with E-state index in [1.165, 1.54) is 17.6 Å². The van der Waals surface area contributed by atoms with Gasteiger partial charge in [-0.3, -0.25) is 0 Å². The molecule has 1 heterocycles. The lowest BCUT2D eigenvalue weighted by Crippen LogP contribution is -2.05. The predicted octanol–water partition coefficient (Wildman–Crippen LogP) is 1.61. The molecule has 1 rings (SSSR count). The van der Waals surface area contributed by atoms with Crippen LogP contribution in [0.5, 0.6) is 5.75 Å². The van der Waals surface area contributed by atoms with Crippen LogP contribution in [0.3, 0.4) is 0 Å². The van der Waals surface area contributed by atoms with E-state index in [0.29, 0.717) is 12.8 Å². The molecule has 0 saturated carbocycles. The van der Waals surface area contributed by atoms with Crippen LogP contribution >= 0.6 is 11.3 Å². The molecule has 0 fully saturated rings. The van der Waals surface area contributed by atoms with Crippen LogP contribution in [0.4, 0.5) is 0 Å². The van der Waals surface area contributed by atoms with Crippen molar-refractivity contribution in [1.82, 2.24) is 0 Å². The number of thiophene rings is 1. The van der Waals surface area contributed by atoms with Crippen molar-refractivity contribution >= 4 is 21.2 Å². The van der Waals surface area contributed by atoms with E-state index in [-0.39, 0.29) is 5.75 Å². The largest absolute Gasteiger partial charge is 0.496 e. The van der Waals surface area contributed by atoms with Gasteiger partial charge in [0.05, 0.1) is 13.2 Å². The molecule has 0 aromatic carbocycles. The summed E-state index contributed by atoms with van der Waals surface area (Å²) in [6.07, 6.45) is 1.53. The van der Waals surface area contributed by atoms with E-state index in [2.05, 4.69) is 0 Å². The van der Waals surface area contributed by atoms with Gasteiger partial charge in [0, 0.05) is 22.3 Å². The standard InChI is InChI=1S/C10H16O4S2/c1-14-8-6-10(15-7-8)9(11)4-3-5-16(2,12)13/h6-7,9,11H,3-5H2,1-2H3. The molecule has 6 heteroatoms. The van der Waals surface area contributed by atoms with Gasteiger partial charge < -0.3 is 9.84 Å². The van der Waals surface area contributed by atoms with E-state index >= 15 is 0 Å². The van der Waals surface area contributed by atoms with Crippen LogP contribution in [0.15, 0.2) is 11.4 Å². The summed E-state index contributed by atoms with van der Waals surface area (Å²) in [5.41, 5.74) is 0. The molecule has 1 aromatic rings. The number of methoxy groups -OCH3 is 1. The number of sulfone groups is 1. The summed E-state index contributed by atoms with van der Waals surface area (Å²) in [4.78, 5) is 0.811. The highest BCUT2D eigenvalue weighted by atomic mass is 32.2. The summed E-state index contributed by atoms with van der Waals surface area (Å²) < 4.78 is 26.8. The predicted molar refractivity (Wildman–Crippen MR) is 64.8 cm³/mol. The lowest BCUT2D eigenvalue weighted by atomic mass is 10.2. The molecular formula is C10H16O4S2. The molecular weight excluding hydrogens is 248 g/mol. The highest BCUT2D eigenvalue weighted by Crippen LogP contribution is 2.29. The van der Waals surface area contributed by atoms with Crippen molar-refractivity contribution in [2.24, 2.45) is 0 Å². The van der Waals surface area contributed by atoms with Crippen LogP contribution in [0, 0.1) is 0 Å². The minimum Gasteiger partial charge on any atom is -0.496 e. The van der Waals surface area contributed by atoms with Gasteiger partial charge >= 0.3 is 0 Å². The molecule has 0 aliphatic carbocycles. The first-order valence-electron chi connectivity index (χ1n) is 4.90. The Morgan fingerprint density at radius 3 is 2.75 bits per heavy atom. The molecule has 16 heavy (non-hydrogen) atoms. The van der Waals surface area contributed by atoms with Gasteiger partial charge in [-0.15, -0.1) is 11.3 Å². The fourth-order valence-corrected chi connectivity index (χ4v) is 2.86. The minimum absolute atomic E-state index is 0.118. The van der Waals surface area contributed by atoms with Crippen LogP contribution in [0.2, 0.25) is 0 Å². The first-order chi connectivity index (χ1) is 7.42. The number of hydrogen-bond acceptors (Lipinski definition) is 5. The zero-order valence-corrected chi connectivity index (χ0v) is 11.0. The third-order valence-corrected chi connectivity index (χ3v) is 4.20. The van der Waals surface area contributed by atoms with Gasteiger partial charge in [0.15, 0.2) is 0 Å². The molecule has 1 atom stereocenters. The number of ether oxygens (including phenoxy) is 1. The van der Waals surface area contributed by atoms with Gasteiger partial charge in [-0.25, -0.2) is 8.42 Å². The van der Waals surface area contributed by atoms with Gasteiger partial charge in [-0.05, 0) is 18.9 Å². The van der Waals surface area contributed by atoms with Crippen molar-refractivity contribution in [3.05, 3.63) is 16.3 Å². The number of hydrogen-bond donors (Lipinski definition) is 1. The summed E-state index contributed by atoms with van der Waals surface area (Å²) in [5.74, 6) is 0.842. The zero-order valence-electron chi connectivity index (χ0n) is 9.34.